The molecule has 0 aromatic carbocycles. The van der Waals surface area contributed by atoms with Crippen molar-refractivity contribution in [1.82, 2.24) is 19.9 Å². The SMILES string of the molecule is O=c1cc[nH]c(=O)[nH]1.O=c1cc[nH]c(=O)[nH]1.[Pt]. The van der Waals surface area contributed by atoms with Crippen molar-refractivity contribution in [1.29, 1.82) is 0 Å². The van der Waals surface area contributed by atoms with Gasteiger partial charge in [-0.1, -0.05) is 0 Å². The first-order valence-corrected chi connectivity index (χ1v) is 4.14. The second-order valence-electron chi connectivity index (χ2n) is 2.59. The first-order chi connectivity index (χ1) is 7.58. The third-order valence-electron chi connectivity index (χ3n) is 1.37. The van der Waals surface area contributed by atoms with Crippen LogP contribution in [0, 0.1) is 0 Å². The number of nitrogens with one attached hydrogen (secondary N) is 4. The minimum absolute atomic E-state index is 0. The van der Waals surface area contributed by atoms with Gasteiger partial charge < -0.3 is 9.97 Å². The predicted molar refractivity (Wildman–Crippen MR) is 55.4 cm³/mol. The van der Waals surface area contributed by atoms with Crippen LogP contribution in [0.25, 0.3) is 0 Å². The van der Waals surface area contributed by atoms with E-state index < -0.39 is 11.4 Å². The van der Waals surface area contributed by atoms with E-state index in [2.05, 4.69) is 9.97 Å². The average molecular weight is 419 g/mol. The maximum Gasteiger partial charge on any atom is 0.325 e. The van der Waals surface area contributed by atoms with E-state index in [1.165, 1.54) is 24.5 Å². The van der Waals surface area contributed by atoms with Gasteiger partial charge in [-0.15, -0.1) is 0 Å². The minimum Gasteiger partial charge on any atom is -0.314 e. The molecule has 0 fully saturated rings. The summed E-state index contributed by atoms with van der Waals surface area (Å²) in [6.07, 6.45) is 2.59. The van der Waals surface area contributed by atoms with Gasteiger partial charge in [0.1, 0.15) is 0 Å². The molecule has 0 aliphatic rings. The molecule has 2 rings (SSSR count). The van der Waals surface area contributed by atoms with Gasteiger partial charge in [-0.05, 0) is 0 Å². The molecule has 0 bridgehead atoms. The first kappa shape index (κ1) is 15.0. The molecular weight excluding hydrogens is 411 g/mol. The predicted octanol–water partition coefficient (Wildman–Crippen LogP) is -1.88. The van der Waals surface area contributed by atoms with Gasteiger partial charge in [-0.3, -0.25) is 19.6 Å². The van der Waals surface area contributed by atoms with Crippen molar-refractivity contribution in [3.8, 4) is 0 Å². The van der Waals surface area contributed by atoms with Gasteiger partial charge in [0.05, 0.1) is 0 Å². The number of H-pyrrole nitrogens is 4. The molecule has 0 unspecified atom stereocenters. The van der Waals surface area contributed by atoms with E-state index in [0.29, 0.717) is 0 Å². The van der Waals surface area contributed by atoms with Crippen LogP contribution in [0.3, 0.4) is 0 Å². The quantitative estimate of drug-likeness (QED) is 0.398. The Bertz CT molecular complexity index is 558. The molecule has 0 amide bonds. The number of hydrogen-bond acceptors (Lipinski definition) is 4. The molecule has 0 radical (unpaired) electrons. The molecule has 9 heteroatoms. The monoisotopic (exact) mass is 419 g/mol. The van der Waals surface area contributed by atoms with Crippen LogP contribution in [-0.2, 0) is 21.1 Å². The average Bonchev–Trinajstić information content (AvgIpc) is 2.17. The zero-order valence-electron chi connectivity index (χ0n) is 8.26. The molecule has 0 saturated carbocycles. The maximum absolute atomic E-state index is 10.2. The molecule has 0 aliphatic carbocycles. The van der Waals surface area contributed by atoms with Crippen molar-refractivity contribution >= 4 is 0 Å². The van der Waals surface area contributed by atoms with Crippen molar-refractivity contribution in [3.63, 3.8) is 0 Å². The molecule has 0 spiro atoms. The second kappa shape index (κ2) is 7.34. The summed E-state index contributed by atoms with van der Waals surface area (Å²) in [6, 6.07) is 2.48. The van der Waals surface area contributed by atoms with E-state index in [1.54, 1.807) is 0 Å². The van der Waals surface area contributed by atoms with Crippen molar-refractivity contribution in [3.05, 3.63) is 66.2 Å². The van der Waals surface area contributed by atoms with Crippen molar-refractivity contribution in [2.75, 3.05) is 0 Å². The number of aromatic nitrogens is 4. The summed E-state index contributed by atoms with van der Waals surface area (Å²) in [4.78, 5) is 49.3. The van der Waals surface area contributed by atoms with E-state index in [9.17, 15) is 19.2 Å². The largest absolute Gasteiger partial charge is 0.325 e. The minimum atomic E-state index is -0.475. The van der Waals surface area contributed by atoms with Crippen LogP contribution in [-0.4, -0.2) is 19.9 Å². The van der Waals surface area contributed by atoms with Gasteiger partial charge >= 0.3 is 11.4 Å². The molecule has 17 heavy (non-hydrogen) atoms. The summed E-state index contributed by atoms with van der Waals surface area (Å²) in [6.45, 7) is 0. The first-order valence-electron chi connectivity index (χ1n) is 4.14. The fourth-order valence-corrected chi connectivity index (χ4v) is 0.765. The summed E-state index contributed by atoms with van der Waals surface area (Å²) >= 11 is 0. The standard InChI is InChI=1S/2C4H4N2O2.Pt/c2*7-3-1-2-5-4(8)6-3;/h2*1-2H,(H2,5,6,7,8);. The Morgan fingerprint density at radius 1 is 0.706 bits per heavy atom. The third-order valence-corrected chi connectivity index (χ3v) is 1.37. The Kier molecular flexibility index (Phi) is 6.50. The summed E-state index contributed by atoms with van der Waals surface area (Å²) in [5, 5.41) is 0. The fourth-order valence-electron chi connectivity index (χ4n) is 0.765. The van der Waals surface area contributed by atoms with E-state index >= 15 is 0 Å². The number of hydrogen-bond donors (Lipinski definition) is 4. The van der Waals surface area contributed by atoms with E-state index in [1.807, 2.05) is 9.97 Å². The Morgan fingerprint density at radius 3 is 1.24 bits per heavy atom. The van der Waals surface area contributed by atoms with E-state index in [4.69, 9.17) is 0 Å². The summed E-state index contributed by atoms with van der Waals surface area (Å²) in [7, 11) is 0. The molecule has 0 atom stereocenters. The van der Waals surface area contributed by atoms with Gasteiger partial charge in [0.15, 0.2) is 0 Å². The molecule has 4 N–H and O–H groups in total. The Labute approximate surface area is 107 Å². The van der Waals surface area contributed by atoms with Gasteiger partial charge in [0.2, 0.25) is 0 Å². The summed E-state index contributed by atoms with van der Waals surface area (Å²) < 4.78 is 0. The van der Waals surface area contributed by atoms with Crippen molar-refractivity contribution in [2.24, 2.45) is 0 Å². The van der Waals surface area contributed by atoms with Crippen molar-refractivity contribution < 1.29 is 21.1 Å². The Morgan fingerprint density at radius 2 is 1.06 bits per heavy atom. The number of aromatic amines is 4. The van der Waals surface area contributed by atoms with E-state index in [-0.39, 0.29) is 32.2 Å². The summed E-state index contributed by atoms with van der Waals surface area (Å²) in [5.41, 5.74) is -1.71. The molecule has 0 saturated heterocycles. The van der Waals surface area contributed by atoms with Crippen molar-refractivity contribution in [2.45, 2.75) is 0 Å². The fraction of sp³-hybridized carbons (Fsp3) is 0. The molecule has 2 aromatic heterocycles. The third kappa shape index (κ3) is 6.26. The van der Waals surface area contributed by atoms with Gasteiger partial charge in [0, 0.05) is 45.6 Å². The van der Waals surface area contributed by atoms with Crippen LogP contribution >= 0.6 is 0 Å². The molecule has 8 nitrogen and oxygen atoms in total. The van der Waals surface area contributed by atoms with Gasteiger partial charge in [-0.2, -0.15) is 0 Å². The molecular formula is C8H8N4O4Pt. The molecule has 2 heterocycles. The summed E-state index contributed by atoms with van der Waals surface area (Å²) in [5.74, 6) is 0. The van der Waals surface area contributed by atoms with E-state index in [0.717, 1.165) is 0 Å². The molecule has 94 valence electrons. The molecule has 0 aliphatic heterocycles. The Balaban J connectivity index is 0.000000284. The zero-order chi connectivity index (χ0) is 12.0. The van der Waals surface area contributed by atoms with Crippen LogP contribution in [0.5, 0.6) is 0 Å². The van der Waals surface area contributed by atoms with Crippen LogP contribution in [0.1, 0.15) is 0 Å². The number of rotatable bonds is 0. The van der Waals surface area contributed by atoms with Crippen LogP contribution in [0.2, 0.25) is 0 Å². The van der Waals surface area contributed by atoms with Gasteiger partial charge in [-0.25, -0.2) is 9.59 Å². The molecule has 2 aromatic rings. The maximum atomic E-state index is 10.2. The smallest absolute Gasteiger partial charge is 0.314 e. The normalized spacial score (nSPS) is 8.47. The van der Waals surface area contributed by atoms with Gasteiger partial charge in [0.25, 0.3) is 11.1 Å². The topological polar surface area (TPSA) is 131 Å². The Hall–Kier alpha value is -1.95. The zero-order valence-corrected chi connectivity index (χ0v) is 10.5. The van der Waals surface area contributed by atoms with Crippen LogP contribution in [0.4, 0.5) is 0 Å². The van der Waals surface area contributed by atoms with Crippen LogP contribution in [0.15, 0.2) is 43.7 Å². The van der Waals surface area contributed by atoms with Crippen LogP contribution < -0.4 is 22.5 Å². The second-order valence-corrected chi connectivity index (χ2v) is 2.59.